The number of nitrogens with one attached hydrogen (secondary N) is 1. The number of hydrogen-bond donors (Lipinski definition) is 1. The van der Waals surface area contributed by atoms with Gasteiger partial charge in [-0.25, -0.2) is 12.8 Å². The van der Waals surface area contributed by atoms with Crippen molar-refractivity contribution in [3.8, 4) is 0 Å². The summed E-state index contributed by atoms with van der Waals surface area (Å²) in [4.78, 5) is 12.1. The largest absolute Gasteiger partial charge is 0.358 e. The summed E-state index contributed by atoms with van der Waals surface area (Å²) in [5, 5.41) is 2.23. The minimum absolute atomic E-state index is 0.0611. The molecule has 0 bridgehead atoms. The van der Waals surface area contributed by atoms with E-state index in [2.05, 4.69) is 5.32 Å². The van der Waals surface area contributed by atoms with E-state index in [1.807, 2.05) is 24.3 Å². The molecular formula is C17H16ClFN2O3S. The van der Waals surface area contributed by atoms with Crippen LogP contribution in [0, 0.1) is 5.82 Å². The summed E-state index contributed by atoms with van der Waals surface area (Å²) in [7, 11) is -2.57. The summed E-state index contributed by atoms with van der Waals surface area (Å²) in [6.45, 7) is 0.0611. The topological polar surface area (TPSA) is 66.5 Å². The van der Waals surface area contributed by atoms with Crippen LogP contribution in [0.25, 0.3) is 0 Å². The van der Waals surface area contributed by atoms with E-state index in [0.29, 0.717) is 0 Å². The Bertz CT molecular complexity index is 933. The van der Waals surface area contributed by atoms with Gasteiger partial charge >= 0.3 is 0 Å². The number of nitrogens with zero attached hydrogens (tertiary/aromatic N) is 1. The summed E-state index contributed by atoms with van der Waals surface area (Å²) in [5.74, 6) is -1.10. The zero-order chi connectivity index (χ0) is 18.2. The first-order chi connectivity index (χ1) is 11.8. The van der Waals surface area contributed by atoms with Gasteiger partial charge in [0.05, 0.1) is 9.92 Å². The average molecular weight is 383 g/mol. The van der Waals surface area contributed by atoms with Gasteiger partial charge in [0.25, 0.3) is 0 Å². The predicted molar refractivity (Wildman–Crippen MR) is 92.1 cm³/mol. The molecule has 0 fully saturated rings. The Hall–Kier alpha value is -1.96. The van der Waals surface area contributed by atoms with Crippen LogP contribution in [0.1, 0.15) is 11.1 Å². The molecule has 0 aliphatic carbocycles. The Balaban J connectivity index is 2.08. The number of hydrogen-bond acceptors (Lipinski definition) is 3. The standard InChI is InChI=1S/C17H16ClFN2O3S/c1-20-17(22)16-8-11-4-2-3-5-12(11)10-21(16)25(23,24)13-6-7-15(19)14(18)9-13/h2-7,9,16H,8,10H2,1H3,(H,20,22). The molecule has 1 aliphatic rings. The van der Waals surface area contributed by atoms with Gasteiger partial charge in [-0.3, -0.25) is 4.79 Å². The summed E-state index contributed by atoms with van der Waals surface area (Å²) in [6, 6.07) is 9.71. The third kappa shape index (κ3) is 3.27. The van der Waals surface area contributed by atoms with Crippen molar-refractivity contribution < 1.29 is 17.6 Å². The fraction of sp³-hybridized carbons (Fsp3) is 0.235. The first-order valence-electron chi connectivity index (χ1n) is 7.60. The molecular weight excluding hydrogens is 367 g/mol. The molecule has 1 amide bonds. The monoisotopic (exact) mass is 382 g/mol. The molecule has 25 heavy (non-hydrogen) atoms. The van der Waals surface area contributed by atoms with Crippen molar-refractivity contribution in [2.75, 3.05) is 7.05 Å². The lowest BCUT2D eigenvalue weighted by atomic mass is 9.95. The van der Waals surface area contributed by atoms with E-state index in [1.165, 1.54) is 7.05 Å². The van der Waals surface area contributed by atoms with E-state index in [1.54, 1.807) is 0 Å². The molecule has 2 aromatic carbocycles. The quantitative estimate of drug-likeness (QED) is 0.886. The number of sulfonamides is 1. The fourth-order valence-corrected chi connectivity index (χ4v) is 4.75. The van der Waals surface area contributed by atoms with E-state index in [-0.39, 0.29) is 22.9 Å². The zero-order valence-corrected chi connectivity index (χ0v) is 14.9. The van der Waals surface area contributed by atoms with Gasteiger partial charge in [0.1, 0.15) is 11.9 Å². The van der Waals surface area contributed by atoms with Gasteiger partial charge in [0, 0.05) is 13.6 Å². The number of fused-ring (bicyclic) bond motifs is 1. The number of carbonyl (C=O) groups is 1. The summed E-state index contributed by atoms with van der Waals surface area (Å²) < 4.78 is 40.6. The Kier molecular flexibility index (Phi) is 4.81. The van der Waals surface area contributed by atoms with E-state index < -0.39 is 27.8 Å². The molecule has 2 aromatic rings. The van der Waals surface area contributed by atoms with Crippen LogP contribution in [0.15, 0.2) is 47.4 Å². The maximum Gasteiger partial charge on any atom is 0.244 e. The molecule has 0 radical (unpaired) electrons. The summed E-state index contributed by atoms with van der Waals surface area (Å²) in [5.41, 5.74) is 1.76. The molecule has 5 nitrogen and oxygen atoms in total. The molecule has 0 saturated heterocycles. The van der Waals surface area contributed by atoms with Crippen LogP contribution in [0.5, 0.6) is 0 Å². The number of amides is 1. The highest BCUT2D eigenvalue weighted by molar-refractivity contribution is 7.89. The number of carbonyl (C=O) groups excluding carboxylic acids is 1. The molecule has 1 heterocycles. The number of halogens is 2. The number of rotatable bonds is 3. The lowest BCUT2D eigenvalue weighted by Crippen LogP contribution is -2.51. The van der Waals surface area contributed by atoms with Gasteiger partial charge in [-0.05, 0) is 35.7 Å². The number of likely N-dealkylation sites (N-methyl/N-ethyl adjacent to an activating group) is 1. The van der Waals surface area contributed by atoms with Crippen LogP contribution in [-0.4, -0.2) is 31.7 Å². The zero-order valence-electron chi connectivity index (χ0n) is 13.4. The third-order valence-electron chi connectivity index (χ3n) is 4.25. The van der Waals surface area contributed by atoms with Crippen molar-refractivity contribution in [1.29, 1.82) is 0 Å². The Morgan fingerprint density at radius 3 is 2.56 bits per heavy atom. The van der Waals surface area contributed by atoms with Crippen molar-refractivity contribution in [3.63, 3.8) is 0 Å². The van der Waals surface area contributed by atoms with Gasteiger partial charge in [-0.1, -0.05) is 35.9 Å². The second-order valence-electron chi connectivity index (χ2n) is 5.73. The second-order valence-corrected chi connectivity index (χ2v) is 8.03. The molecule has 3 rings (SSSR count). The van der Waals surface area contributed by atoms with Crippen molar-refractivity contribution >= 4 is 27.5 Å². The molecule has 132 valence electrons. The highest BCUT2D eigenvalue weighted by Crippen LogP contribution is 2.30. The van der Waals surface area contributed by atoms with E-state index in [4.69, 9.17) is 11.6 Å². The summed E-state index contributed by atoms with van der Waals surface area (Å²) >= 11 is 5.73. The van der Waals surface area contributed by atoms with Crippen LogP contribution in [0.4, 0.5) is 4.39 Å². The van der Waals surface area contributed by atoms with Crippen LogP contribution in [0.3, 0.4) is 0 Å². The second kappa shape index (κ2) is 6.74. The molecule has 1 N–H and O–H groups in total. The van der Waals surface area contributed by atoms with Crippen LogP contribution < -0.4 is 5.32 Å². The molecule has 1 atom stereocenters. The van der Waals surface area contributed by atoms with Gasteiger partial charge in [-0.15, -0.1) is 0 Å². The van der Waals surface area contributed by atoms with E-state index in [0.717, 1.165) is 33.6 Å². The van der Waals surface area contributed by atoms with Crippen molar-refractivity contribution in [1.82, 2.24) is 9.62 Å². The first kappa shape index (κ1) is 17.8. The molecule has 1 aliphatic heterocycles. The fourth-order valence-electron chi connectivity index (χ4n) is 2.91. The van der Waals surface area contributed by atoms with Gasteiger partial charge in [-0.2, -0.15) is 4.31 Å². The maximum absolute atomic E-state index is 13.4. The van der Waals surface area contributed by atoms with Gasteiger partial charge < -0.3 is 5.32 Å². The summed E-state index contributed by atoms with van der Waals surface area (Å²) in [6.07, 6.45) is 0.268. The Morgan fingerprint density at radius 1 is 1.24 bits per heavy atom. The van der Waals surface area contributed by atoms with E-state index in [9.17, 15) is 17.6 Å². The highest BCUT2D eigenvalue weighted by Gasteiger charge is 2.39. The highest BCUT2D eigenvalue weighted by atomic mass is 35.5. The third-order valence-corrected chi connectivity index (χ3v) is 6.39. The molecule has 8 heteroatoms. The smallest absolute Gasteiger partial charge is 0.244 e. The Labute approximate surface area is 150 Å². The first-order valence-corrected chi connectivity index (χ1v) is 9.41. The van der Waals surface area contributed by atoms with Crippen molar-refractivity contribution in [3.05, 3.63) is 64.4 Å². The SMILES string of the molecule is CNC(=O)C1Cc2ccccc2CN1S(=O)(=O)c1ccc(F)c(Cl)c1. The van der Waals surface area contributed by atoms with Crippen LogP contribution >= 0.6 is 11.6 Å². The van der Waals surface area contributed by atoms with Crippen LogP contribution in [0.2, 0.25) is 5.02 Å². The normalized spacial score (nSPS) is 17.8. The molecule has 0 spiro atoms. The predicted octanol–water partition coefficient (Wildman–Crippen LogP) is 2.34. The van der Waals surface area contributed by atoms with Crippen molar-refractivity contribution in [2.24, 2.45) is 0 Å². The Morgan fingerprint density at radius 2 is 1.92 bits per heavy atom. The minimum atomic E-state index is -4.03. The van der Waals surface area contributed by atoms with Gasteiger partial charge in [0.15, 0.2) is 0 Å². The van der Waals surface area contributed by atoms with Crippen LogP contribution in [-0.2, 0) is 27.8 Å². The van der Waals surface area contributed by atoms with Crippen molar-refractivity contribution in [2.45, 2.75) is 23.9 Å². The maximum atomic E-state index is 13.4. The average Bonchev–Trinajstić information content (AvgIpc) is 2.62. The number of benzene rings is 2. The lowest BCUT2D eigenvalue weighted by Gasteiger charge is -2.34. The minimum Gasteiger partial charge on any atom is -0.358 e. The molecule has 0 aromatic heterocycles. The van der Waals surface area contributed by atoms with Gasteiger partial charge in [0.2, 0.25) is 15.9 Å². The lowest BCUT2D eigenvalue weighted by molar-refractivity contribution is -0.124. The molecule has 0 saturated carbocycles. The molecule has 1 unspecified atom stereocenters. The van der Waals surface area contributed by atoms with E-state index >= 15 is 0 Å².